The first kappa shape index (κ1) is 7.46. The fourth-order valence-electron chi connectivity index (χ4n) is 0.608. The van der Waals surface area contributed by atoms with Gasteiger partial charge in [0.15, 0.2) is 6.29 Å². The highest BCUT2D eigenvalue weighted by molar-refractivity contribution is 7.18. The van der Waals surface area contributed by atoms with E-state index < -0.39 is 0 Å². The number of carbonyl (C=O) groups excluding carboxylic acids is 1. The first-order valence-electron chi connectivity index (χ1n) is 2.65. The topological polar surface area (TPSA) is 25.8 Å². The number of rotatable bonds is 1. The molecule has 11 heavy (non-hydrogen) atoms. The SMILES string of the molecule is [C-]#[N+]c1cc(C=O)sc1[N+]#[C-]. The van der Waals surface area contributed by atoms with Crippen LogP contribution in [0, 0.1) is 13.1 Å². The van der Waals surface area contributed by atoms with E-state index in [1.807, 2.05) is 0 Å². The van der Waals surface area contributed by atoms with Crippen LogP contribution in [-0.4, -0.2) is 6.29 Å². The molecule has 1 aromatic heterocycles. The Morgan fingerprint density at radius 3 is 2.55 bits per heavy atom. The normalized spacial score (nSPS) is 8.18. The second-order valence-electron chi connectivity index (χ2n) is 1.68. The molecule has 52 valence electrons. The largest absolute Gasteiger partial charge is 0.297 e. The van der Waals surface area contributed by atoms with E-state index in [0.717, 1.165) is 11.3 Å². The van der Waals surface area contributed by atoms with Crippen molar-refractivity contribution in [1.29, 1.82) is 0 Å². The third-order valence-electron chi connectivity index (χ3n) is 1.05. The number of aldehydes is 1. The molecule has 0 unspecified atom stereocenters. The molecule has 0 aliphatic heterocycles. The Bertz CT molecular complexity index is 335. The number of carbonyl (C=O) groups is 1. The lowest BCUT2D eigenvalue weighted by Gasteiger charge is -1.75. The molecule has 0 aromatic carbocycles. The van der Waals surface area contributed by atoms with E-state index in [9.17, 15) is 4.79 Å². The summed E-state index contributed by atoms with van der Waals surface area (Å²) in [5, 5.41) is 0.294. The van der Waals surface area contributed by atoms with Gasteiger partial charge in [-0.3, -0.25) is 4.79 Å². The quantitative estimate of drug-likeness (QED) is 0.460. The summed E-state index contributed by atoms with van der Waals surface area (Å²) in [6.07, 6.45) is 0.647. The van der Waals surface area contributed by atoms with Crippen molar-refractivity contribution in [2.45, 2.75) is 0 Å². The van der Waals surface area contributed by atoms with Crippen LogP contribution in [0.1, 0.15) is 9.67 Å². The second kappa shape index (κ2) is 2.96. The lowest BCUT2D eigenvalue weighted by molar-refractivity contribution is 0.112. The summed E-state index contributed by atoms with van der Waals surface area (Å²) in [6.45, 7) is 13.3. The van der Waals surface area contributed by atoms with Gasteiger partial charge in [-0.05, 0) is 6.07 Å². The minimum Gasteiger partial charge on any atom is -0.297 e. The maximum Gasteiger partial charge on any atom is 0.248 e. The maximum absolute atomic E-state index is 10.2. The Balaban J connectivity index is 3.28. The van der Waals surface area contributed by atoms with Crippen molar-refractivity contribution >= 4 is 28.3 Å². The zero-order chi connectivity index (χ0) is 8.27. The Kier molecular flexibility index (Phi) is 2.00. The standard InChI is InChI=1S/C7H2N2OS/c1-8-6-3-5(4-10)11-7(6)9-2/h3-4H. The molecule has 0 saturated heterocycles. The monoisotopic (exact) mass is 162 g/mol. The van der Waals surface area contributed by atoms with E-state index in [4.69, 9.17) is 13.1 Å². The van der Waals surface area contributed by atoms with E-state index in [1.54, 1.807) is 0 Å². The lowest BCUT2D eigenvalue weighted by atomic mass is 10.4. The van der Waals surface area contributed by atoms with Gasteiger partial charge in [-0.15, -0.1) is 0 Å². The molecule has 0 spiro atoms. The van der Waals surface area contributed by atoms with Crippen LogP contribution < -0.4 is 0 Å². The van der Waals surface area contributed by atoms with E-state index >= 15 is 0 Å². The summed E-state index contributed by atoms with van der Waals surface area (Å²) in [5.41, 5.74) is 0.270. The van der Waals surface area contributed by atoms with Crippen LogP contribution in [0.4, 0.5) is 10.7 Å². The van der Waals surface area contributed by atoms with Crippen molar-refractivity contribution in [3.05, 3.63) is 33.8 Å². The maximum atomic E-state index is 10.2. The minimum atomic E-state index is 0.270. The molecular formula is C7H2N2OS. The molecule has 0 N–H and O–H groups in total. The highest BCUT2D eigenvalue weighted by atomic mass is 32.1. The molecule has 1 heterocycles. The summed E-state index contributed by atoms with van der Waals surface area (Å²) in [4.78, 5) is 16.8. The van der Waals surface area contributed by atoms with Crippen LogP contribution in [-0.2, 0) is 0 Å². The summed E-state index contributed by atoms with van der Waals surface area (Å²) in [6, 6.07) is 1.43. The molecule has 4 heteroatoms. The predicted molar refractivity (Wildman–Crippen MR) is 42.2 cm³/mol. The van der Waals surface area contributed by atoms with Gasteiger partial charge >= 0.3 is 0 Å². The Labute approximate surface area is 67.5 Å². The Morgan fingerprint density at radius 2 is 2.18 bits per heavy atom. The lowest BCUT2D eigenvalue weighted by Crippen LogP contribution is -1.62. The highest BCUT2D eigenvalue weighted by Gasteiger charge is 2.06. The molecule has 0 radical (unpaired) electrons. The number of nitrogens with zero attached hydrogens (tertiary/aromatic N) is 2. The third kappa shape index (κ3) is 1.26. The fourth-order valence-corrected chi connectivity index (χ4v) is 1.30. The number of thiophene rings is 1. The smallest absolute Gasteiger partial charge is 0.248 e. The van der Waals surface area contributed by atoms with Crippen LogP contribution in [0.2, 0.25) is 0 Å². The first-order chi connectivity index (χ1) is 5.31. The van der Waals surface area contributed by atoms with Gasteiger partial charge in [-0.1, -0.05) is 0 Å². The van der Waals surface area contributed by atoms with E-state index in [2.05, 4.69) is 9.69 Å². The van der Waals surface area contributed by atoms with Crippen molar-refractivity contribution in [2.75, 3.05) is 0 Å². The Hall–Kier alpha value is -1.65. The predicted octanol–water partition coefficient (Wildman–Crippen LogP) is 2.66. The number of hydrogen-bond acceptors (Lipinski definition) is 2. The second-order valence-corrected chi connectivity index (χ2v) is 2.74. The average Bonchev–Trinajstić information content (AvgIpc) is 2.46. The highest BCUT2D eigenvalue weighted by Crippen LogP contribution is 2.36. The van der Waals surface area contributed by atoms with Crippen LogP contribution in [0.5, 0.6) is 0 Å². The molecule has 0 fully saturated rings. The van der Waals surface area contributed by atoms with E-state index in [1.165, 1.54) is 6.07 Å². The van der Waals surface area contributed by atoms with Crippen molar-refractivity contribution in [1.82, 2.24) is 0 Å². The van der Waals surface area contributed by atoms with Gasteiger partial charge in [0.05, 0.1) is 13.1 Å². The molecule has 0 atom stereocenters. The molecule has 0 bridgehead atoms. The van der Waals surface area contributed by atoms with Gasteiger partial charge < -0.3 is 0 Å². The Morgan fingerprint density at radius 1 is 1.45 bits per heavy atom. The van der Waals surface area contributed by atoms with Crippen molar-refractivity contribution in [3.8, 4) is 0 Å². The molecule has 0 amide bonds. The van der Waals surface area contributed by atoms with Crippen molar-refractivity contribution in [2.24, 2.45) is 0 Å². The molecule has 1 aromatic rings. The van der Waals surface area contributed by atoms with E-state index in [0.29, 0.717) is 16.2 Å². The zero-order valence-corrected chi connectivity index (χ0v) is 6.18. The van der Waals surface area contributed by atoms with Gasteiger partial charge in [0.1, 0.15) is 0 Å². The minimum absolute atomic E-state index is 0.270. The van der Waals surface area contributed by atoms with Crippen LogP contribution in [0.3, 0.4) is 0 Å². The van der Waals surface area contributed by atoms with Gasteiger partial charge in [0.25, 0.3) is 0 Å². The summed E-state index contributed by atoms with van der Waals surface area (Å²) in [7, 11) is 0. The third-order valence-corrected chi connectivity index (χ3v) is 1.99. The van der Waals surface area contributed by atoms with Crippen molar-refractivity contribution < 1.29 is 4.79 Å². The molecule has 0 aliphatic carbocycles. The van der Waals surface area contributed by atoms with Crippen LogP contribution in [0.15, 0.2) is 6.07 Å². The summed E-state index contributed by atoms with van der Waals surface area (Å²) >= 11 is 1.05. The van der Waals surface area contributed by atoms with Gasteiger partial charge in [0, 0.05) is 4.88 Å². The molecule has 1 rings (SSSR count). The van der Waals surface area contributed by atoms with Crippen molar-refractivity contribution in [3.63, 3.8) is 0 Å². The summed E-state index contributed by atoms with van der Waals surface area (Å²) < 4.78 is 0. The molecule has 0 aliphatic rings. The average molecular weight is 162 g/mol. The van der Waals surface area contributed by atoms with E-state index in [-0.39, 0.29) is 5.69 Å². The molecule has 3 nitrogen and oxygen atoms in total. The van der Waals surface area contributed by atoms with Gasteiger partial charge in [0.2, 0.25) is 10.7 Å². The molecular weight excluding hydrogens is 160 g/mol. The van der Waals surface area contributed by atoms with Gasteiger partial charge in [-0.25, -0.2) is 9.69 Å². The van der Waals surface area contributed by atoms with Gasteiger partial charge in [-0.2, -0.15) is 11.3 Å². The van der Waals surface area contributed by atoms with Crippen LogP contribution in [0.25, 0.3) is 9.69 Å². The summed E-state index contributed by atoms with van der Waals surface area (Å²) in [5.74, 6) is 0. The van der Waals surface area contributed by atoms with Crippen LogP contribution >= 0.6 is 11.3 Å². The number of hydrogen-bond donors (Lipinski definition) is 0. The zero-order valence-electron chi connectivity index (χ0n) is 5.37. The molecule has 0 saturated carbocycles. The fraction of sp³-hybridized carbons (Fsp3) is 0. The first-order valence-corrected chi connectivity index (χ1v) is 3.47.